The number of aromatic nitrogens is 2. The first kappa shape index (κ1) is 23.1. The first-order valence-electron chi connectivity index (χ1n) is 8.80. The number of ether oxygens (including phenoxy) is 2. The second-order valence-corrected chi connectivity index (χ2v) is 8.27. The van der Waals surface area contributed by atoms with Gasteiger partial charge in [0.25, 0.3) is 0 Å². The summed E-state index contributed by atoms with van der Waals surface area (Å²) in [6, 6.07) is 6.43. The maximum absolute atomic E-state index is 12.2. The molecule has 1 aromatic carbocycles. The largest absolute Gasteiger partial charge is 0.462 e. The summed E-state index contributed by atoms with van der Waals surface area (Å²) in [7, 11) is -2.08. The topological polar surface area (TPSA) is 120 Å². The Morgan fingerprint density at radius 1 is 1.24 bits per heavy atom. The third kappa shape index (κ3) is 6.67. The fourth-order valence-electron chi connectivity index (χ4n) is 2.29. The average Bonchev–Trinajstić information content (AvgIpc) is 2.72. The third-order valence-electron chi connectivity index (χ3n) is 3.74. The van der Waals surface area contributed by atoms with Crippen molar-refractivity contribution in [2.45, 2.75) is 23.5 Å². The molecule has 0 saturated heterocycles. The van der Waals surface area contributed by atoms with Crippen LogP contribution in [0.5, 0.6) is 0 Å². The molecule has 158 valence electrons. The fraction of sp³-hybridized carbons (Fsp3) is 0.389. The van der Waals surface area contributed by atoms with Gasteiger partial charge in [0.15, 0.2) is 5.16 Å². The van der Waals surface area contributed by atoms with Gasteiger partial charge in [0.1, 0.15) is 11.4 Å². The predicted molar refractivity (Wildman–Crippen MR) is 111 cm³/mol. The predicted octanol–water partition coefficient (Wildman–Crippen LogP) is 1.91. The number of nitrogens with one attached hydrogen (secondary N) is 2. The highest BCUT2D eigenvalue weighted by Gasteiger charge is 2.16. The Bertz CT molecular complexity index is 920. The van der Waals surface area contributed by atoms with Crippen molar-refractivity contribution >= 4 is 33.6 Å². The number of hydrogen-bond acceptors (Lipinski definition) is 9. The van der Waals surface area contributed by atoms with E-state index in [0.29, 0.717) is 24.1 Å². The second kappa shape index (κ2) is 11.1. The van der Waals surface area contributed by atoms with Gasteiger partial charge in [0, 0.05) is 26.4 Å². The zero-order chi connectivity index (χ0) is 21.3. The molecule has 0 unspecified atom stereocenters. The van der Waals surface area contributed by atoms with E-state index in [4.69, 9.17) is 9.47 Å². The minimum atomic E-state index is -3.58. The van der Waals surface area contributed by atoms with Crippen molar-refractivity contribution in [2.24, 2.45) is 0 Å². The van der Waals surface area contributed by atoms with E-state index in [-0.39, 0.29) is 23.6 Å². The number of thioether (sulfide) groups is 1. The Balaban J connectivity index is 2.11. The van der Waals surface area contributed by atoms with E-state index in [0.717, 1.165) is 5.56 Å². The highest BCUT2D eigenvalue weighted by molar-refractivity contribution is 7.98. The molecule has 0 bridgehead atoms. The molecule has 0 saturated carbocycles. The molecule has 0 fully saturated rings. The van der Waals surface area contributed by atoms with Gasteiger partial charge in [-0.3, -0.25) is 0 Å². The molecular formula is C18H24N4O5S2. The molecule has 1 heterocycles. The molecule has 0 aliphatic heterocycles. The SMILES string of the molecule is CCOC(=O)c1cnc(SC)nc1NCc1ccc(S(=O)(=O)NCCOC)cc1. The van der Waals surface area contributed by atoms with E-state index in [1.54, 1.807) is 19.1 Å². The summed E-state index contributed by atoms with van der Waals surface area (Å²) in [6.45, 7) is 2.80. The van der Waals surface area contributed by atoms with Crippen LogP contribution in [0, 0.1) is 0 Å². The van der Waals surface area contributed by atoms with Crippen molar-refractivity contribution in [3.8, 4) is 0 Å². The number of anilines is 1. The molecule has 0 atom stereocenters. The average molecular weight is 441 g/mol. The summed E-state index contributed by atoms with van der Waals surface area (Å²) in [5, 5.41) is 3.61. The monoisotopic (exact) mass is 440 g/mol. The molecule has 0 amide bonds. The fourth-order valence-corrected chi connectivity index (χ4v) is 3.64. The van der Waals surface area contributed by atoms with Crippen LogP contribution in [0.4, 0.5) is 5.82 Å². The van der Waals surface area contributed by atoms with Crippen molar-refractivity contribution in [1.82, 2.24) is 14.7 Å². The smallest absolute Gasteiger partial charge is 0.343 e. The molecule has 2 rings (SSSR count). The number of esters is 1. The summed E-state index contributed by atoms with van der Waals surface area (Å²) in [6.07, 6.45) is 3.27. The van der Waals surface area contributed by atoms with Gasteiger partial charge in [0.05, 0.1) is 18.1 Å². The lowest BCUT2D eigenvalue weighted by Gasteiger charge is -2.12. The van der Waals surface area contributed by atoms with Crippen LogP contribution in [0.1, 0.15) is 22.8 Å². The standard InChI is InChI=1S/C18H24N4O5S2/c1-4-27-17(23)15-12-20-18(28-3)22-16(15)19-11-13-5-7-14(8-6-13)29(24,25)21-9-10-26-2/h5-8,12,21H,4,9-11H2,1-3H3,(H,19,20,22). The van der Waals surface area contributed by atoms with Crippen LogP contribution >= 0.6 is 11.8 Å². The van der Waals surface area contributed by atoms with Crippen molar-refractivity contribution in [3.05, 3.63) is 41.6 Å². The van der Waals surface area contributed by atoms with E-state index < -0.39 is 16.0 Å². The summed E-state index contributed by atoms with van der Waals surface area (Å²) < 4.78 is 36.7. The van der Waals surface area contributed by atoms with Crippen molar-refractivity contribution in [1.29, 1.82) is 0 Å². The minimum Gasteiger partial charge on any atom is -0.462 e. The number of methoxy groups -OCH3 is 1. The quantitative estimate of drug-likeness (QED) is 0.234. The van der Waals surface area contributed by atoms with Gasteiger partial charge in [-0.25, -0.2) is 27.9 Å². The highest BCUT2D eigenvalue weighted by atomic mass is 32.2. The number of rotatable bonds is 11. The van der Waals surface area contributed by atoms with Crippen LogP contribution in [0.15, 0.2) is 40.5 Å². The Morgan fingerprint density at radius 2 is 1.97 bits per heavy atom. The zero-order valence-corrected chi connectivity index (χ0v) is 18.1. The molecule has 0 radical (unpaired) electrons. The van der Waals surface area contributed by atoms with E-state index in [2.05, 4.69) is 20.0 Å². The lowest BCUT2D eigenvalue weighted by Crippen LogP contribution is -2.27. The van der Waals surface area contributed by atoms with Gasteiger partial charge in [-0.2, -0.15) is 0 Å². The van der Waals surface area contributed by atoms with Crippen LogP contribution in [0.2, 0.25) is 0 Å². The Labute approximate surface area is 174 Å². The summed E-state index contributed by atoms with van der Waals surface area (Å²) in [5.41, 5.74) is 1.06. The van der Waals surface area contributed by atoms with Crippen LogP contribution in [-0.4, -0.2) is 57.5 Å². The first-order chi connectivity index (χ1) is 13.9. The lowest BCUT2D eigenvalue weighted by molar-refractivity contribution is 0.0526. The minimum absolute atomic E-state index is 0.163. The maximum atomic E-state index is 12.2. The number of benzene rings is 1. The molecule has 2 aromatic rings. The summed E-state index contributed by atoms with van der Waals surface area (Å²) in [4.78, 5) is 20.7. The molecule has 29 heavy (non-hydrogen) atoms. The lowest BCUT2D eigenvalue weighted by atomic mass is 10.2. The van der Waals surface area contributed by atoms with Gasteiger partial charge in [-0.05, 0) is 30.9 Å². The van der Waals surface area contributed by atoms with Crippen LogP contribution in [0.25, 0.3) is 0 Å². The number of sulfonamides is 1. The van der Waals surface area contributed by atoms with Gasteiger partial charge in [0.2, 0.25) is 10.0 Å². The Kier molecular flexibility index (Phi) is 8.83. The van der Waals surface area contributed by atoms with E-state index in [1.807, 2.05) is 6.26 Å². The number of carbonyl (C=O) groups is 1. The maximum Gasteiger partial charge on any atom is 0.343 e. The molecule has 0 spiro atoms. The Hall–Kier alpha value is -2.21. The molecule has 2 N–H and O–H groups in total. The number of hydrogen-bond donors (Lipinski definition) is 2. The van der Waals surface area contributed by atoms with Crippen molar-refractivity contribution in [2.75, 3.05) is 38.4 Å². The van der Waals surface area contributed by atoms with E-state index in [1.165, 1.54) is 37.2 Å². The van der Waals surface area contributed by atoms with Crippen LogP contribution in [-0.2, 0) is 26.0 Å². The third-order valence-corrected chi connectivity index (χ3v) is 5.78. The molecule has 1 aromatic heterocycles. The Morgan fingerprint density at radius 3 is 2.59 bits per heavy atom. The van der Waals surface area contributed by atoms with Crippen LogP contribution < -0.4 is 10.0 Å². The van der Waals surface area contributed by atoms with Gasteiger partial charge >= 0.3 is 5.97 Å². The van der Waals surface area contributed by atoms with E-state index in [9.17, 15) is 13.2 Å². The summed E-state index contributed by atoms with van der Waals surface area (Å²) >= 11 is 1.35. The molecule has 9 nitrogen and oxygen atoms in total. The number of nitrogens with zero attached hydrogens (tertiary/aromatic N) is 2. The van der Waals surface area contributed by atoms with Crippen molar-refractivity contribution < 1.29 is 22.7 Å². The molecule has 0 aliphatic carbocycles. The highest BCUT2D eigenvalue weighted by Crippen LogP contribution is 2.19. The zero-order valence-electron chi connectivity index (χ0n) is 16.5. The van der Waals surface area contributed by atoms with Gasteiger partial charge in [-0.15, -0.1) is 0 Å². The first-order valence-corrected chi connectivity index (χ1v) is 11.5. The van der Waals surface area contributed by atoms with Crippen molar-refractivity contribution in [3.63, 3.8) is 0 Å². The second-order valence-electron chi connectivity index (χ2n) is 5.73. The molecule has 0 aliphatic rings. The number of carbonyl (C=O) groups excluding carboxylic acids is 1. The van der Waals surface area contributed by atoms with Gasteiger partial charge < -0.3 is 14.8 Å². The molecular weight excluding hydrogens is 416 g/mol. The van der Waals surface area contributed by atoms with Crippen LogP contribution in [0.3, 0.4) is 0 Å². The normalized spacial score (nSPS) is 11.3. The molecule has 11 heteroatoms. The van der Waals surface area contributed by atoms with E-state index >= 15 is 0 Å². The van der Waals surface area contributed by atoms with Gasteiger partial charge in [-0.1, -0.05) is 23.9 Å². The summed E-state index contributed by atoms with van der Waals surface area (Å²) in [5.74, 6) is -0.146.